The maximum atomic E-state index is 12.7. The Labute approximate surface area is 167 Å². The number of hydrogen-bond acceptors (Lipinski definition) is 3. The summed E-state index contributed by atoms with van der Waals surface area (Å²) in [6, 6.07) is 0. The molecule has 0 heterocycles. The fraction of sp³-hybridized carbons (Fsp3) is 0.667. The highest BCUT2D eigenvalue weighted by atomic mass is 127. The molecule has 0 saturated carbocycles. The molecule has 0 aliphatic heterocycles. The van der Waals surface area contributed by atoms with E-state index in [0.29, 0.717) is 6.61 Å². The lowest BCUT2D eigenvalue weighted by atomic mass is 9.87. The van der Waals surface area contributed by atoms with Crippen LogP contribution in [0.2, 0.25) is 0 Å². The maximum Gasteiger partial charge on any atom is 0.340 e. The van der Waals surface area contributed by atoms with Gasteiger partial charge in [0.1, 0.15) is 0 Å². The summed E-state index contributed by atoms with van der Waals surface area (Å²) >= 11 is 2.37. The van der Waals surface area contributed by atoms with Gasteiger partial charge in [-0.2, -0.15) is 0 Å². The third-order valence-corrected chi connectivity index (χ3v) is 5.72. The van der Waals surface area contributed by atoms with Gasteiger partial charge in [-0.3, -0.25) is 0 Å². The van der Waals surface area contributed by atoms with Crippen molar-refractivity contribution in [2.75, 3.05) is 6.61 Å². The van der Waals surface area contributed by atoms with Crippen molar-refractivity contribution in [2.24, 2.45) is 0 Å². The van der Waals surface area contributed by atoms with Gasteiger partial charge in [0.25, 0.3) is 0 Å². The van der Waals surface area contributed by atoms with Crippen LogP contribution in [0.1, 0.15) is 81.9 Å². The fourth-order valence-electron chi connectivity index (χ4n) is 3.29. The van der Waals surface area contributed by atoms with Gasteiger partial charge in [0.05, 0.1) is 12.2 Å². The van der Waals surface area contributed by atoms with Crippen LogP contribution in [-0.4, -0.2) is 18.2 Å². The summed E-state index contributed by atoms with van der Waals surface area (Å²) in [6.45, 7) is 16.8. The number of ether oxygens (including phenoxy) is 2. The Morgan fingerprint density at radius 2 is 1.68 bits per heavy atom. The van der Waals surface area contributed by atoms with Crippen LogP contribution in [0.3, 0.4) is 0 Å². The molecule has 0 radical (unpaired) electrons. The number of esters is 1. The molecule has 142 valence electrons. The summed E-state index contributed by atoms with van der Waals surface area (Å²) in [7, 11) is 0. The smallest absolute Gasteiger partial charge is 0.340 e. The molecule has 0 unspecified atom stereocenters. The van der Waals surface area contributed by atoms with Crippen LogP contribution >= 0.6 is 22.6 Å². The van der Waals surface area contributed by atoms with E-state index in [0.717, 1.165) is 28.4 Å². The first kappa shape index (κ1) is 22.4. The molecule has 4 heteroatoms. The summed E-state index contributed by atoms with van der Waals surface area (Å²) in [4.78, 5) is 12.7. The molecule has 0 aliphatic rings. The van der Waals surface area contributed by atoms with Gasteiger partial charge >= 0.3 is 5.97 Å². The minimum Gasteiger partial charge on any atom is -0.464 e. The van der Waals surface area contributed by atoms with Crippen LogP contribution in [0, 0.1) is 17.4 Å². The molecular formula is C21H33IO3. The zero-order chi connectivity index (χ0) is 19.4. The van der Waals surface area contributed by atoms with Crippen molar-refractivity contribution < 1.29 is 14.3 Å². The molecule has 0 saturated heterocycles. The molecule has 0 spiro atoms. The van der Waals surface area contributed by atoms with Gasteiger partial charge in [0.2, 0.25) is 0 Å². The highest BCUT2D eigenvalue weighted by Gasteiger charge is 2.33. The fourth-order valence-corrected chi connectivity index (χ4v) is 4.30. The van der Waals surface area contributed by atoms with Gasteiger partial charge in [0.15, 0.2) is 6.10 Å². The molecule has 1 aromatic carbocycles. The standard InChI is InChI=1S/C21H33IO3/c1-9-12-16-14(5)18(22)17(13(4)15(16)10-2)19(20(23)24-11-3)25-21(6,7)8/h19H,9-12H2,1-8H3/t19-/m0/s1. The monoisotopic (exact) mass is 460 g/mol. The summed E-state index contributed by atoms with van der Waals surface area (Å²) in [5.41, 5.74) is 5.75. The second-order valence-corrected chi connectivity index (χ2v) is 8.48. The molecule has 0 amide bonds. The molecule has 1 rings (SSSR count). The highest BCUT2D eigenvalue weighted by molar-refractivity contribution is 14.1. The van der Waals surface area contributed by atoms with E-state index in [1.807, 2.05) is 27.7 Å². The number of carbonyl (C=O) groups excluding carboxylic acids is 1. The Morgan fingerprint density at radius 1 is 1.08 bits per heavy atom. The lowest BCUT2D eigenvalue weighted by molar-refractivity contribution is -0.167. The van der Waals surface area contributed by atoms with Crippen LogP contribution < -0.4 is 0 Å². The van der Waals surface area contributed by atoms with Gasteiger partial charge in [0, 0.05) is 9.13 Å². The molecular weight excluding hydrogens is 427 g/mol. The largest absolute Gasteiger partial charge is 0.464 e. The average molecular weight is 460 g/mol. The van der Waals surface area contributed by atoms with E-state index in [-0.39, 0.29) is 5.97 Å². The first-order valence-electron chi connectivity index (χ1n) is 9.23. The third kappa shape index (κ3) is 5.43. The first-order chi connectivity index (χ1) is 11.6. The van der Waals surface area contributed by atoms with Crippen LogP contribution in [0.5, 0.6) is 0 Å². The summed E-state index contributed by atoms with van der Waals surface area (Å²) in [5.74, 6) is -0.303. The van der Waals surface area contributed by atoms with Crippen molar-refractivity contribution in [3.63, 3.8) is 0 Å². The van der Waals surface area contributed by atoms with E-state index >= 15 is 0 Å². The van der Waals surface area contributed by atoms with Gasteiger partial charge in [-0.1, -0.05) is 20.3 Å². The topological polar surface area (TPSA) is 35.5 Å². The normalized spacial score (nSPS) is 13.0. The van der Waals surface area contributed by atoms with Gasteiger partial charge in [-0.25, -0.2) is 4.79 Å². The molecule has 3 nitrogen and oxygen atoms in total. The molecule has 0 N–H and O–H groups in total. The van der Waals surface area contributed by atoms with Gasteiger partial charge in [-0.15, -0.1) is 0 Å². The Hall–Kier alpha value is -0.620. The van der Waals surface area contributed by atoms with Crippen molar-refractivity contribution in [1.29, 1.82) is 0 Å². The third-order valence-electron chi connectivity index (χ3n) is 4.33. The van der Waals surface area contributed by atoms with E-state index in [9.17, 15) is 4.79 Å². The van der Waals surface area contributed by atoms with E-state index < -0.39 is 11.7 Å². The van der Waals surface area contributed by atoms with Crippen molar-refractivity contribution in [1.82, 2.24) is 0 Å². The maximum absolute atomic E-state index is 12.7. The molecule has 0 aromatic heterocycles. The second kappa shape index (κ2) is 9.36. The number of halogens is 1. The molecule has 25 heavy (non-hydrogen) atoms. The Balaban J connectivity index is 3.63. The van der Waals surface area contributed by atoms with Gasteiger partial charge < -0.3 is 9.47 Å². The Morgan fingerprint density at radius 3 is 2.12 bits per heavy atom. The highest BCUT2D eigenvalue weighted by Crippen LogP contribution is 2.37. The van der Waals surface area contributed by atoms with Crippen molar-refractivity contribution >= 4 is 28.6 Å². The van der Waals surface area contributed by atoms with E-state index in [2.05, 4.69) is 50.3 Å². The second-order valence-electron chi connectivity index (χ2n) is 7.40. The Kier molecular flexibility index (Phi) is 8.39. The quantitative estimate of drug-likeness (QED) is 0.379. The number of rotatable bonds is 7. The van der Waals surface area contributed by atoms with Gasteiger partial charge in [-0.05, 0) is 99.2 Å². The Bertz CT molecular complexity index is 615. The molecule has 0 bridgehead atoms. The number of benzene rings is 1. The predicted molar refractivity (Wildman–Crippen MR) is 112 cm³/mol. The molecule has 1 aromatic rings. The predicted octanol–water partition coefficient (Wildman–Crippen LogP) is 5.84. The SMILES string of the molecule is CCCc1c(C)c(I)c([C@H](OC(C)(C)C)C(=O)OCC)c(C)c1CC. The lowest BCUT2D eigenvalue weighted by Gasteiger charge is -2.30. The van der Waals surface area contributed by atoms with Crippen molar-refractivity contribution in [3.8, 4) is 0 Å². The van der Waals surface area contributed by atoms with Crippen LogP contribution in [0.25, 0.3) is 0 Å². The summed E-state index contributed by atoms with van der Waals surface area (Å²) in [6.07, 6.45) is 2.45. The summed E-state index contributed by atoms with van der Waals surface area (Å²) in [5, 5.41) is 0. The van der Waals surface area contributed by atoms with Crippen molar-refractivity contribution in [2.45, 2.75) is 86.4 Å². The van der Waals surface area contributed by atoms with Crippen LogP contribution in [0.4, 0.5) is 0 Å². The lowest BCUT2D eigenvalue weighted by Crippen LogP contribution is -2.30. The van der Waals surface area contributed by atoms with E-state index in [1.165, 1.54) is 22.3 Å². The minimum absolute atomic E-state index is 0.303. The van der Waals surface area contributed by atoms with E-state index in [1.54, 1.807) is 0 Å². The zero-order valence-corrected chi connectivity index (χ0v) is 19.2. The van der Waals surface area contributed by atoms with E-state index in [4.69, 9.17) is 9.47 Å². The molecule has 0 aliphatic carbocycles. The molecule has 1 atom stereocenters. The average Bonchev–Trinajstić information content (AvgIpc) is 2.51. The summed E-state index contributed by atoms with van der Waals surface area (Å²) < 4.78 is 12.6. The minimum atomic E-state index is -0.688. The molecule has 0 fully saturated rings. The van der Waals surface area contributed by atoms with Crippen LogP contribution in [-0.2, 0) is 27.1 Å². The number of hydrogen-bond donors (Lipinski definition) is 0. The zero-order valence-electron chi connectivity index (χ0n) is 17.0. The number of carbonyl (C=O) groups is 1. The van der Waals surface area contributed by atoms with Crippen LogP contribution in [0.15, 0.2) is 0 Å². The first-order valence-corrected chi connectivity index (χ1v) is 10.3. The van der Waals surface area contributed by atoms with Crippen molar-refractivity contribution in [3.05, 3.63) is 31.4 Å².